The van der Waals surface area contributed by atoms with Crippen LogP contribution < -0.4 is 5.32 Å². The van der Waals surface area contributed by atoms with Gasteiger partial charge in [-0.3, -0.25) is 9.59 Å². The molecule has 0 heterocycles. The molecule has 0 bridgehead atoms. The molecule has 0 saturated carbocycles. The Balaban J connectivity index is 3.40. The van der Waals surface area contributed by atoms with Crippen LogP contribution >= 0.6 is 0 Å². The molecule has 0 radical (unpaired) electrons. The minimum absolute atomic E-state index is 0.00344. The highest BCUT2D eigenvalue weighted by molar-refractivity contribution is 5.76. The van der Waals surface area contributed by atoms with Crippen molar-refractivity contribution in [3.05, 3.63) is 36.5 Å². The van der Waals surface area contributed by atoms with Gasteiger partial charge in [0.25, 0.3) is 0 Å². The maximum absolute atomic E-state index is 12.5. The summed E-state index contributed by atoms with van der Waals surface area (Å²) in [4.78, 5) is 24.6. The van der Waals surface area contributed by atoms with Crippen molar-refractivity contribution in [2.75, 3.05) is 13.2 Å². The summed E-state index contributed by atoms with van der Waals surface area (Å²) in [7, 11) is 0. The minimum Gasteiger partial charge on any atom is -0.466 e. The number of carbonyl (C=O) groups is 2. The highest BCUT2D eigenvalue weighted by Crippen LogP contribution is 2.19. The number of allylic oxidation sites excluding steroid dienone is 6. The predicted molar refractivity (Wildman–Crippen MR) is 352 cm³/mol. The fraction of sp³-hybridized carbons (Fsp3) is 0.892. The first-order valence-electron chi connectivity index (χ1n) is 36.2. The van der Waals surface area contributed by atoms with Gasteiger partial charge < -0.3 is 20.3 Å². The molecular weight excluding hydrogens is 983 g/mol. The first-order chi connectivity index (χ1) is 39.5. The van der Waals surface area contributed by atoms with Gasteiger partial charge in [-0.25, -0.2) is 0 Å². The highest BCUT2D eigenvalue weighted by Gasteiger charge is 2.20. The zero-order chi connectivity index (χ0) is 57.8. The Hall–Kier alpha value is -1.92. The number of carbonyl (C=O) groups excluding carboxylic acids is 2. The van der Waals surface area contributed by atoms with Crippen LogP contribution in [0.3, 0.4) is 0 Å². The third kappa shape index (κ3) is 65.2. The van der Waals surface area contributed by atoms with Gasteiger partial charge in [0.1, 0.15) is 0 Å². The Kier molecular flexibility index (Phi) is 67.9. The largest absolute Gasteiger partial charge is 0.466 e. The molecule has 3 N–H and O–H groups in total. The van der Waals surface area contributed by atoms with Crippen LogP contribution in [0.5, 0.6) is 0 Å². The van der Waals surface area contributed by atoms with E-state index in [0.717, 1.165) is 51.4 Å². The number of nitrogens with one attached hydrogen (secondary N) is 1. The Morgan fingerprint density at radius 1 is 0.350 bits per heavy atom. The third-order valence-electron chi connectivity index (χ3n) is 16.9. The van der Waals surface area contributed by atoms with Gasteiger partial charge in [-0.1, -0.05) is 339 Å². The highest BCUT2D eigenvalue weighted by atomic mass is 16.5. The molecule has 0 aromatic carbocycles. The van der Waals surface area contributed by atoms with E-state index in [1.807, 2.05) is 0 Å². The number of esters is 1. The number of hydrogen-bond donors (Lipinski definition) is 3. The van der Waals surface area contributed by atoms with Gasteiger partial charge in [0.2, 0.25) is 5.91 Å². The molecule has 1 amide bonds. The van der Waals surface area contributed by atoms with Crippen LogP contribution in [-0.4, -0.2) is 47.4 Å². The summed E-state index contributed by atoms with van der Waals surface area (Å²) >= 11 is 0. The van der Waals surface area contributed by atoms with Crippen LogP contribution in [0, 0.1) is 0 Å². The van der Waals surface area contributed by atoms with Crippen LogP contribution in [0.2, 0.25) is 0 Å². The molecule has 0 aliphatic rings. The number of amides is 1. The number of rotatable bonds is 68. The quantitative estimate of drug-likeness (QED) is 0.0320. The molecule has 0 saturated heterocycles. The summed E-state index contributed by atoms with van der Waals surface area (Å²) in [5.74, 6) is -0.0269. The van der Waals surface area contributed by atoms with Crippen molar-refractivity contribution in [3.63, 3.8) is 0 Å². The van der Waals surface area contributed by atoms with E-state index in [0.29, 0.717) is 25.9 Å². The summed E-state index contributed by atoms with van der Waals surface area (Å²) in [6.45, 7) is 4.96. The molecule has 0 rings (SSSR count). The Labute approximate surface area is 500 Å². The monoisotopic (exact) mass is 1120 g/mol. The molecule has 0 aromatic heterocycles. The number of aliphatic hydroxyl groups is 2. The van der Waals surface area contributed by atoms with Crippen molar-refractivity contribution < 1.29 is 24.5 Å². The second-order valence-electron chi connectivity index (χ2n) is 24.9. The zero-order valence-electron chi connectivity index (χ0n) is 54.1. The fourth-order valence-corrected chi connectivity index (χ4v) is 11.4. The molecule has 0 aliphatic carbocycles. The fourth-order valence-electron chi connectivity index (χ4n) is 11.4. The first-order valence-corrected chi connectivity index (χ1v) is 36.2. The van der Waals surface area contributed by atoms with E-state index >= 15 is 0 Å². The van der Waals surface area contributed by atoms with Gasteiger partial charge >= 0.3 is 5.97 Å². The summed E-state index contributed by atoms with van der Waals surface area (Å²) in [6, 6.07) is -0.542. The van der Waals surface area contributed by atoms with Crippen LogP contribution in [-0.2, 0) is 14.3 Å². The second-order valence-corrected chi connectivity index (χ2v) is 24.9. The Morgan fingerprint density at radius 3 is 0.988 bits per heavy atom. The molecule has 80 heavy (non-hydrogen) atoms. The van der Waals surface area contributed by atoms with E-state index in [1.165, 1.54) is 315 Å². The standard InChI is InChI=1S/C74H141NO5/c1-3-5-7-9-11-13-15-17-18-19-20-34-37-40-43-46-50-54-58-62-66-72(77)71(70-76)75-73(78)67-63-59-55-51-47-44-41-38-35-32-30-28-26-24-22-21-23-25-27-29-31-33-36-39-42-45-49-53-57-61-65-69-80-74(79)68-64-60-56-52-48-16-14-12-10-8-6-4-2/h12,14,23,25,29,31,71-72,76-77H,3-11,13,15-22,24,26-28,30,32-70H2,1-2H3,(H,75,78)/b14-12-,25-23-,31-29-. The van der Waals surface area contributed by atoms with Gasteiger partial charge in [0, 0.05) is 12.8 Å². The van der Waals surface area contributed by atoms with E-state index in [9.17, 15) is 19.8 Å². The zero-order valence-corrected chi connectivity index (χ0v) is 54.1. The molecule has 6 heteroatoms. The van der Waals surface area contributed by atoms with E-state index in [2.05, 4.69) is 55.6 Å². The molecule has 2 atom stereocenters. The molecule has 472 valence electrons. The Morgan fingerprint density at radius 2 is 0.625 bits per heavy atom. The topological polar surface area (TPSA) is 95.9 Å². The van der Waals surface area contributed by atoms with Crippen molar-refractivity contribution in [1.82, 2.24) is 5.32 Å². The van der Waals surface area contributed by atoms with Crippen molar-refractivity contribution in [3.8, 4) is 0 Å². The summed E-state index contributed by atoms with van der Waals surface area (Å²) in [5, 5.41) is 23.4. The van der Waals surface area contributed by atoms with Crippen LogP contribution in [0.4, 0.5) is 0 Å². The number of aliphatic hydroxyl groups excluding tert-OH is 2. The van der Waals surface area contributed by atoms with Crippen LogP contribution in [0.15, 0.2) is 36.5 Å². The molecular formula is C74H141NO5. The lowest BCUT2D eigenvalue weighted by atomic mass is 10.0. The third-order valence-corrected chi connectivity index (χ3v) is 16.9. The van der Waals surface area contributed by atoms with Crippen molar-refractivity contribution in [2.24, 2.45) is 0 Å². The van der Waals surface area contributed by atoms with Gasteiger partial charge in [-0.05, 0) is 83.5 Å². The lowest BCUT2D eigenvalue weighted by molar-refractivity contribution is -0.143. The first kappa shape index (κ1) is 78.1. The molecule has 2 unspecified atom stereocenters. The van der Waals surface area contributed by atoms with Gasteiger partial charge in [-0.15, -0.1) is 0 Å². The van der Waals surface area contributed by atoms with Crippen LogP contribution in [0.1, 0.15) is 399 Å². The maximum Gasteiger partial charge on any atom is 0.305 e. The van der Waals surface area contributed by atoms with E-state index in [1.54, 1.807) is 0 Å². The number of unbranched alkanes of at least 4 members (excludes halogenated alkanes) is 51. The molecule has 0 spiro atoms. The Bertz CT molecular complexity index is 1300. The van der Waals surface area contributed by atoms with Gasteiger partial charge in [-0.2, -0.15) is 0 Å². The summed E-state index contributed by atoms with van der Waals surface area (Å²) in [5.41, 5.74) is 0. The molecule has 0 aliphatic heterocycles. The van der Waals surface area contributed by atoms with Crippen molar-refractivity contribution in [1.29, 1.82) is 0 Å². The smallest absolute Gasteiger partial charge is 0.305 e. The lowest BCUT2D eigenvalue weighted by Gasteiger charge is -2.22. The second kappa shape index (κ2) is 69.6. The van der Waals surface area contributed by atoms with E-state index in [4.69, 9.17) is 4.74 Å². The van der Waals surface area contributed by atoms with Gasteiger partial charge in [0.05, 0.1) is 25.4 Å². The van der Waals surface area contributed by atoms with Crippen molar-refractivity contribution in [2.45, 2.75) is 411 Å². The van der Waals surface area contributed by atoms with Crippen LogP contribution in [0.25, 0.3) is 0 Å². The van der Waals surface area contributed by atoms with Gasteiger partial charge in [0.15, 0.2) is 0 Å². The minimum atomic E-state index is -0.665. The molecule has 0 aromatic rings. The summed E-state index contributed by atoms with van der Waals surface area (Å²) in [6.07, 6.45) is 89.2. The van der Waals surface area contributed by atoms with E-state index < -0.39 is 12.1 Å². The predicted octanol–water partition coefficient (Wildman–Crippen LogP) is 23.5. The number of hydrogen-bond acceptors (Lipinski definition) is 5. The lowest BCUT2D eigenvalue weighted by Crippen LogP contribution is -2.45. The van der Waals surface area contributed by atoms with E-state index in [-0.39, 0.29) is 18.5 Å². The normalized spacial score (nSPS) is 12.7. The summed E-state index contributed by atoms with van der Waals surface area (Å²) < 4.78 is 5.47. The molecule has 0 fully saturated rings. The number of ether oxygens (including phenoxy) is 1. The average molecular weight is 1120 g/mol. The molecule has 6 nitrogen and oxygen atoms in total. The maximum atomic E-state index is 12.5. The average Bonchev–Trinajstić information content (AvgIpc) is 3.46. The SMILES string of the molecule is CCCCC/C=C\CCCCCCCC(=O)OCCCCCCCCCCC/C=C\C/C=C\CCCCCCCCCCCCCCCCCC(=O)NC(CO)C(O)CCCCCCCCCCCCCCCCCCCCCC. The van der Waals surface area contributed by atoms with Crippen molar-refractivity contribution >= 4 is 11.9 Å².